The van der Waals surface area contributed by atoms with E-state index in [0.717, 1.165) is 23.3 Å². The molecule has 114 valence electrons. The minimum absolute atomic E-state index is 0.151. The van der Waals surface area contributed by atoms with Gasteiger partial charge in [0.1, 0.15) is 0 Å². The number of ether oxygens (including phenoxy) is 1. The largest absolute Gasteiger partial charge is 0.448 e. The molecule has 1 aliphatic heterocycles. The third-order valence-corrected chi connectivity index (χ3v) is 6.21. The molecular weight excluding hydrogens is 274 g/mol. The number of hydrogen-bond acceptors (Lipinski definition) is 3. The summed E-state index contributed by atoms with van der Waals surface area (Å²) in [4.78, 5) is 16.9. The second kappa shape index (κ2) is 4.43. The summed E-state index contributed by atoms with van der Waals surface area (Å²) in [5.74, 6) is 2.46. The topological polar surface area (TPSA) is 38.7 Å². The van der Waals surface area contributed by atoms with Gasteiger partial charge in [-0.3, -0.25) is 4.99 Å². The molecule has 3 heteroatoms. The molecule has 4 aliphatic carbocycles. The normalized spacial score (nSPS) is 41.9. The summed E-state index contributed by atoms with van der Waals surface area (Å²) in [6, 6.07) is 7.68. The number of benzene rings is 1. The summed E-state index contributed by atoms with van der Waals surface area (Å²) in [6.45, 7) is 0. The Balaban J connectivity index is 1.43. The molecule has 1 aromatic rings. The van der Waals surface area contributed by atoms with Gasteiger partial charge in [0.15, 0.2) is 6.10 Å². The quantitative estimate of drug-likeness (QED) is 0.612. The Labute approximate surface area is 130 Å². The van der Waals surface area contributed by atoms with E-state index in [1.807, 2.05) is 30.5 Å². The lowest BCUT2D eigenvalue weighted by molar-refractivity contribution is 0.00127. The SMILES string of the molecule is O=C1OC(C=NC23CC4CC(CC(C4)C2)C3)c2ccccc21. The van der Waals surface area contributed by atoms with Gasteiger partial charge < -0.3 is 4.74 Å². The van der Waals surface area contributed by atoms with E-state index in [1.165, 1.54) is 38.5 Å². The summed E-state index contributed by atoms with van der Waals surface area (Å²) < 4.78 is 5.51. The second-order valence-corrected chi connectivity index (χ2v) is 7.83. The third kappa shape index (κ3) is 1.87. The van der Waals surface area contributed by atoms with E-state index in [9.17, 15) is 4.79 Å². The van der Waals surface area contributed by atoms with Gasteiger partial charge in [0, 0.05) is 11.8 Å². The Hall–Kier alpha value is -1.64. The van der Waals surface area contributed by atoms with E-state index in [1.54, 1.807) is 0 Å². The first-order valence-corrected chi connectivity index (χ1v) is 8.56. The van der Waals surface area contributed by atoms with Crippen LogP contribution < -0.4 is 0 Å². The summed E-state index contributed by atoms with van der Waals surface area (Å²) in [5, 5.41) is 0. The van der Waals surface area contributed by atoms with Gasteiger partial charge in [-0.2, -0.15) is 0 Å². The number of cyclic esters (lactones) is 1. The van der Waals surface area contributed by atoms with Crippen LogP contribution in [0.2, 0.25) is 0 Å². The molecule has 0 spiro atoms. The van der Waals surface area contributed by atoms with Crippen LogP contribution in [0.25, 0.3) is 0 Å². The van der Waals surface area contributed by atoms with E-state index in [2.05, 4.69) is 0 Å². The van der Waals surface area contributed by atoms with Crippen molar-refractivity contribution in [3.05, 3.63) is 35.4 Å². The minimum atomic E-state index is -0.281. The van der Waals surface area contributed by atoms with Crippen LogP contribution in [-0.4, -0.2) is 17.7 Å². The van der Waals surface area contributed by atoms with Gasteiger partial charge in [0.05, 0.1) is 11.1 Å². The molecule has 1 aromatic carbocycles. The second-order valence-electron chi connectivity index (χ2n) is 7.83. The minimum Gasteiger partial charge on any atom is -0.448 e. The maximum absolute atomic E-state index is 11.9. The van der Waals surface area contributed by atoms with Gasteiger partial charge in [0.25, 0.3) is 0 Å². The highest BCUT2D eigenvalue weighted by Crippen LogP contribution is 2.57. The molecule has 1 atom stereocenters. The zero-order valence-electron chi connectivity index (χ0n) is 12.7. The maximum atomic E-state index is 11.9. The molecule has 0 N–H and O–H groups in total. The van der Waals surface area contributed by atoms with Crippen LogP contribution in [0, 0.1) is 17.8 Å². The number of fused-ring (bicyclic) bond motifs is 1. The van der Waals surface area contributed by atoms with E-state index >= 15 is 0 Å². The fraction of sp³-hybridized carbons (Fsp3) is 0.579. The highest BCUT2D eigenvalue weighted by molar-refractivity contribution is 5.97. The zero-order valence-corrected chi connectivity index (χ0v) is 12.7. The Morgan fingerprint density at radius 2 is 1.68 bits per heavy atom. The highest BCUT2D eigenvalue weighted by atomic mass is 16.5. The van der Waals surface area contributed by atoms with Crippen molar-refractivity contribution < 1.29 is 9.53 Å². The highest BCUT2D eigenvalue weighted by Gasteiger charge is 2.50. The number of hydrogen-bond donors (Lipinski definition) is 0. The first-order chi connectivity index (χ1) is 10.7. The van der Waals surface area contributed by atoms with E-state index in [0.29, 0.717) is 5.56 Å². The molecule has 1 unspecified atom stereocenters. The van der Waals surface area contributed by atoms with Gasteiger partial charge in [-0.15, -0.1) is 0 Å². The fourth-order valence-electron chi connectivity index (χ4n) is 5.73. The molecule has 22 heavy (non-hydrogen) atoms. The van der Waals surface area contributed by atoms with Crippen molar-refractivity contribution in [2.75, 3.05) is 0 Å². The monoisotopic (exact) mass is 295 g/mol. The number of rotatable bonds is 2. The first-order valence-electron chi connectivity index (χ1n) is 8.56. The Bertz CT molecular complexity index is 628. The fourth-order valence-corrected chi connectivity index (χ4v) is 5.73. The summed E-state index contributed by atoms with van der Waals surface area (Å²) in [7, 11) is 0. The van der Waals surface area contributed by atoms with Crippen LogP contribution in [0.15, 0.2) is 29.3 Å². The molecule has 0 amide bonds. The van der Waals surface area contributed by atoms with Crippen LogP contribution in [0.3, 0.4) is 0 Å². The molecule has 4 fully saturated rings. The lowest BCUT2D eigenvalue weighted by Crippen LogP contribution is -2.49. The van der Waals surface area contributed by atoms with Crippen molar-refractivity contribution in [2.45, 2.75) is 50.2 Å². The number of esters is 1. The number of nitrogens with zero attached hydrogens (tertiary/aromatic N) is 1. The van der Waals surface area contributed by atoms with Crippen LogP contribution in [0.5, 0.6) is 0 Å². The summed E-state index contributed by atoms with van der Waals surface area (Å²) in [5.41, 5.74) is 1.82. The van der Waals surface area contributed by atoms with Gasteiger partial charge in [-0.25, -0.2) is 4.79 Å². The summed E-state index contributed by atoms with van der Waals surface area (Å²) >= 11 is 0. The molecule has 0 aromatic heterocycles. The standard InChI is InChI=1S/C19H21NO2/c21-18-16-4-2-1-3-15(16)17(22-18)11-20-19-8-12-5-13(9-19)7-14(6-12)10-19/h1-4,11-14,17H,5-10H2. The van der Waals surface area contributed by atoms with Gasteiger partial charge in [0.2, 0.25) is 0 Å². The van der Waals surface area contributed by atoms with E-state index < -0.39 is 0 Å². The third-order valence-electron chi connectivity index (χ3n) is 6.21. The van der Waals surface area contributed by atoms with Crippen molar-refractivity contribution in [3.63, 3.8) is 0 Å². The Morgan fingerprint density at radius 3 is 2.36 bits per heavy atom. The van der Waals surface area contributed by atoms with Crippen LogP contribution in [-0.2, 0) is 4.74 Å². The number of carbonyl (C=O) groups is 1. The van der Waals surface area contributed by atoms with E-state index in [-0.39, 0.29) is 17.6 Å². The predicted octanol–water partition coefficient (Wildman–Crippen LogP) is 3.94. The molecule has 0 saturated heterocycles. The zero-order chi connectivity index (χ0) is 14.7. The lowest BCUT2D eigenvalue weighted by Gasteiger charge is -2.55. The van der Waals surface area contributed by atoms with Crippen molar-refractivity contribution in [3.8, 4) is 0 Å². The smallest absolute Gasteiger partial charge is 0.339 e. The average molecular weight is 295 g/mol. The van der Waals surface area contributed by atoms with Gasteiger partial charge >= 0.3 is 5.97 Å². The van der Waals surface area contributed by atoms with E-state index in [4.69, 9.17) is 9.73 Å². The lowest BCUT2D eigenvalue weighted by atomic mass is 9.53. The van der Waals surface area contributed by atoms with Crippen LogP contribution >= 0.6 is 0 Å². The Kier molecular flexibility index (Phi) is 2.59. The predicted molar refractivity (Wildman–Crippen MR) is 84.0 cm³/mol. The molecule has 6 rings (SSSR count). The van der Waals surface area contributed by atoms with Crippen molar-refractivity contribution in [1.29, 1.82) is 0 Å². The molecule has 4 saturated carbocycles. The Morgan fingerprint density at radius 1 is 1.05 bits per heavy atom. The van der Waals surface area contributed by atoms with Crippen molar-refractivity contribution in [1.82, 2.24) is 0 Å². The van der Waals surface area contributed by atoms with Crippen LogP contribution in [0.1, 0.15) is 60.6 Å². The molecule has 1 heterocycles. The molecule has 4 bridgehead atoms. The molecule has 5 aliphatic rings. The van der Waals surface area contributed by atoms with Crippen LogP contribution in [0.4, 0.5) is 0 Å². The van der Waals surface area contributed by atoms with Gasteiger partial charge in [-0.1, -0.05) is 18.2 Å². The molecular formula is C19H21NO2. The maximum Gasteiger partial charge on any atom is 0.339 e. The van der Waals surface area contributed by atoms with Gasteiger partial charge in [-0.05, 0) is 62.3 Å². The molecule has 0 radical (unpaired) electrons. The number of aliphatic imine (C=N–C) groups is 1. The van der Waals surface area contributed by atoms with Crippen molar-refractivity contribution in [2.24, 2.45) is 22.7 Å². The average Bonchev–Trinajstić information content (AvgIpc) is 2.81. The van der Waals surface area contributed by atoms with Crippen molar-refractivity contribution >= 4 is 12.2 Å². The summed E-state index contributed by atoms with van der Waals surface area (Å²) in [6.07, 6.45) is 9.67. The number of carbonyl (C=O) groups excluding carboxylic acids is 1. The first kappa shape index (κ1) is 12.9. The molecule has 3 nitrogen and oxygen atoms in total.